The molecule has 0 spiro atoms. The lowest BCUT2D eigenvalue weighted by Crippen LogP contribution is -2.08. The van der Waals surface area contributed by atoms with Crippen molar-refractivity contribution >= 4 is 9.84 Å². The first kappa shape index (κ1) is 9.36. The van der Waals surface area contributed by atoms with Gasteiger partial charge in [-0.15, -0.1) is 0 Å². The van der Waals surface area contributed by atoms with E-state index in [0.29, 0.717) is 11.3 Å². The molecule has 3 rings (SSSR count). The standard InChI is InChI=1S/C11H12O3S/c12-11(5-6-11)9-2-1-3-10-8(9)4-7-15(10,13)14/h1-3,12H,4-7H2. The Morgan fingerprint density at radius 1 is 1.27 bits per heavy atom. The Kier molecular flexibility index (Phi) is 1.64. The molecule has 0 bridgehead atoms. The zero-order valence-electron chi connectivity index (χ0n) is 8.23. The minimum absolute atomic E-state index is 0.190. The van der Waals surface area contributed by atoms with Gasteiger partial charge in [0.2, 0.25) is 0 Å². The molecule has 3 nitrogen and oxygen atoms in total. The van der Waals surface area contributed by atoms with Crippen molar-refractivity contribution in [2.75, 3.05) is 5.75 Å². The summed E-state index contributed by atoms with van der Waals surface area (Å²) in [5.74, 6) is 0.190. The summed E-state index contributed by atoms with van der Waals surface area (Å²) in [6, 6.07) is 5.23. The van der Waals surface area contributed by atoms with Gasteiger partial charge in [-0.05, 0) is 36.5 Å². The molecule has 4 heteroatoms. The van der Waals surface area contributed by atoms with E-state index >= 15 is 0 Å². The zero-order valence-corrected chi connectivity index (χ0v) is 9.05. The highest BCUT2D eigenvalue weighted by Crippen LogP contribution is 2.48. The zero-order chi connectivity index (χ0) is 10.7. The van der Waals surface area contributed by atoms with Crippen molar-refractivity contribution < 1.29 is 13.5 Å². The Balaban J connectivity index is 2.25. The topological polar surface area (TPSA) is 54.4 Å². The predicted octanol–water partition coefficient (Wildman–Crippen LogP) is 0.998. The van der Waals surface area contributed by atoms with Crippen LogP contribution in [-0.2, 0) is 21.9 Å². The second-order valence-electron chi connectivity index (χ2n) is 4.38. The molecule has 1 aromatic rings. The van der Waals surface area contributed by atoms with Crippen LogP contribution in [0.4, 0.5) is 0 Å². The lowest BCUT2D eigenvalue weighted by Gasteiger charge is -2.12. The number of hydrogen-bond donors (Lipinski definition) is 1. The summed E-state index contributed by atoms with van der Waals surface area (Å²) in [4.78, 5) is 0.431. The molecule has 1 saturated carbocycles. The van der Waals surface area contributed by atoms with Gasteiger partial charge in [0, 0.05) is 0 Å². The largest absolute Gasteiger partial charge is 0.385 e. The van der Waals surface area contributed by atoms with Crippen molar-refractivity contribution in [3.63, 3.8) is 0 Å². The van der Waals surface area contributed by atoms with Crippen molar-refractivity contribution in [1.82, 2.24) is 0 Å². The molecule has 0 aromatic heterocycles. The van der Waals surface area contributed by atoms with Gasteiger partial charge in [-0.2, -0.15) is 0 Å². The molecule has 1 aromatic carbocycles. The highest BCUT2D eigenvalue weighted by atomic mass is 32.2. The van der Waals surface area contributed by atoms with Crippen LogP contribution in [0.3, 0.4) is 0 Å². The second kappa shape index (κ2) is 2.62. The average molecular weight is 224 g/mol. The molecular weight excluding hydrogens is 212 g/mol. The van der Waals surface area contributed by atoms with Crippen molar-refractivity contribution in [3.05, 3.63) is 29.3 Å². The van der Waals surface area contributed by atoms with Gasteiger partial charge in [-0.3, -0.25) is 0 Å². The maximum Gasteiger partial charge on any atom is 0.178 e. The van der Waals surface area contributed by atoms with Gasteiger partial charge >= 0.3 is 0 Å². The minimum atomic E-state index is -3.07. The summed E-state index contributed by atoms with van der Waals surface area (Å²) in [7, 11) is -3.07. The molecule has 0 atom stereocenters. The first-order chi connectivity index (χ1) is 7.03. The summed E-state index contributed by atoms with van der Waals surface area (Å²) >= 11 is 0. The average Bonchev–Trinajstić information content (AvgIpc) is 2.86. The summed E-state index contributed by atoms with van der Waals surface area (Å²) in [5.41, 5.74) is 0.948. The number of fused-ring (bicyclic) bond motifs is 1. The lowest BCUT2D eigenvalue weighted by molar-refractivity contribution is 0.150. The van der Waals surface area contributed by atoms with Crippen LogP contribution in [0.25, 0.3) is 0 Å². The Morgan fingerprint density at radius 3 is 2.67 bits per heavy atom. The van der Waals surface area contributed by atoms with Crippen molar-refractivity contribution in [2.24, 2.45) is 0 Å². The Bertz CT molecular complexity index is 527. The Morgan fingerprint density at radius 2 is 2.00 bits per heavy atom. The van der Waals surface area contributed by atoms with Gasteiger partial charge in [0.15, 0.2) is 9.84 Å². The van der Waals surface area contributed by atoms with E-state index in [9.17, 15) is 13.5 Å². The molecule has 1 fully saturated rings. The van der Waals surface area contributed by atoms with E-state index in [-0.39, 0.29) is 5.75 Å². The molecule has 0 radical (unpaired) electrons. The Labute approximate surface area is 88.7 Å². The van der Waals surface area contributed by atoms with E-state index < -0.39 is 15.4 Å². The Hall–Kier alpha value is -0.870. The first-order valence-corrected chi connectivity index (χ1v) is 6.76. The normalized spacial score (nSPS) is 24.9. The van der Waals surface area contributed by atoms with Crippen LogP contribution >= 0.6 is 0 Å². The van der Waals surface area contributed by atoms with Crippen LogP contribution in [0.2, 0.25) is 0 Å². The van der Waals surface area contributed by atoms with Crippen LogP contribution in [0.15, 0.2) is 23.1 Å². The fourth-order valence-corrected chi connectivity index (χ4v) is 3.85. The van der Waals surface area contributed by atoms with E-state index in [1.165, 1.54) is 0 Å². The van der Waals surface area contributed by atoms with Gasteiger partial charge in [-0.25, -0.2) is 8.42 Å². The highest BCUT2D eigenvalue weighted by Gasteiger charge is 2.45. The molecule has 1 aliphatic heterocycles. The molecule has 0 saturated heterocycles. The molecule has 2 aliphatic rings. The van der Waals surface area contributed by atoms with Crippen LogP contribution in [0.5, 0.6) is 0 Å². The molecule has 1 N–H and O–H groups in total. The summed E-state index contributed by atoms with van der Waals surface area (Å²) in [6.07, 6.45) is 2.06. The SMILES string of the molecule is O=S1(=O)CCc2c(C3(O)CC3)cccc21. The van der Waals surface area contributed by atoms with E-state index in [2.05, 4.69) is 0 Å². The van der Waals surface area contributed by atoms with Crippen LogP contribution in [0, 0.1) is 0 Å². The summed E-state index contributed by atoms with van der Waals surface area (Å²) in [6.45, 7) is 0. The molecule has 0 amide bonds. The maximum absolute atomic E-state index is 11.7. The smallest absolute Gasteiger partial charge is 0.178 e. The molecule has 15 heavy (non-hydrogen) atoms. The monoisotopic (exact) mass is 224 g/mol. The molecular formula is C11H12O3S. The predicted molar refractivity (Wildman–Crippen MR) is 55.3 cm³/mol. The summed E-state index contributed by atoms with van der Waals surface area (Å²) in [5, 5.41) is 10.0. The van der Waals surface area contributed by atoms with Gasteiger partial charge in [0.1, 0.15) is 0 Å². The van der Waals surface area contributed by atoms with Gasteiger partial charge in [0.25, 0.3) is 0 Å². The molecule has 80 valence electrons. The van der Waals surface area contributed by atoms with Gasteiger partial charge in [-0.1, -0.05) is 12.1 Å². The van der Waals surface area contributed by atoms with E-state index in [1.807, 2.05) is 6.07 Å². The number of sulfone groups is 1. The van der Waals surface area contributed by atoms with E-state index in [1.54, 1.807) is 12.1 Å². The van der Waals surface area contributed by atoms with Crippen molar-refractivity contribution in [3.8, 4) is 0 Å². The minimum Gasteiger partial charge on any atom is -0.385 e. The lowest BCUT2D eigenvalue weighted by atomic mass is 9.99. The van der Waals surface area contributed by atoms with Gasteiger partial charge in [0.05, 0.1) is 16.2 Å². The highest BCUT2D eigenvalue weighted by molar-refractivity contribution is 7.91. The van der Waals surface area contributed by atoms with Gasteiger partial charge < -0.3 is 5.11 Å². The van der Waals surface area contributed by atoms with Crippen molar-refractivity contribution in [2.45, 2.75) is 29.8 Å². The van der Waals surface area contributed by atoms with Crippen molar-refractivity contribution in [1.29, 1.82) is 0 Å². The molecule has 1 heterocycles. The number of hydrogen-bond acceptors (Lipinski definition) is 3. The number of aliphatic hydroxyl groups is 1. The third-order valence-electron chi connectivity index (χ3n) is 3.31. The number of rotatable bonds is 1. The number of benzene rings is 1. The van der Waals surface area contributed by atoms with E-state index in [0.717, 1.165) is 24.0 Å². The first-order valence-electron chi connectivity index (χ1n) is 5.10. The summed E-state index contributed by atoms with van der Waals surface area (Å²) < 4.78 is 23.3. The maximum atomic E-state index is 11.7. The quantitative estimate of drug-likeness (QED) is 0.774. The van der Waals surface area contributed by atoms with E-state index in [4.69, 9.17) is 0 Å². The molecule has 1 aliphatic carbocycles. The molecule has 0 unspecified atom stereocenters. The third-order valence-corrected chi connectivity index (χ3v) is 5.11. The fourth-order valence-electron chi connectivity index (χ4n) is 2.29. The van der Waals surface area contributed by atoms with Crippen LogP contribution in [0.1, 0.15) is 24.0 Å². The second-order valence-corrected chi connectivity index (χ2v) is 6.46. The third kappa shape index (κ3) is 1.25. The van der Waals surface area contributed by atoms with Crippen LogP contribution < -0.4 is 0 Å². The fraction of sp³-hybridized carbons (Fsp3) is 0.455. The van der Waals surface area contributed by atoms with Crippen LogP contribution in [-0.4, -0.2) is 19.3 Å².